The van der Waals surface area contributed by atoms with Crippen molar-refractivity contribution in [2.45, 2.75) is 32.7 Å². The van der Waals surface area contributed by atoms with Crippen molar-refractivity contribution in [3.63, 3.8) is 0 Å². The van der Waals surface area contributed by atoms with E-state index in [2.05, 4.69) is 0 Å². The molecule has 5 heteroatoms. The van der Waals surface area contributed by atoms with Crippen LogP contribution in [0.25, 0.3) is 11.3 Å². The van der Waals surface area contributed by atoms with Crippen LogP contribution in [0.4, 0.5) is 0 Å². The van der Waals surface area contributed by atoms with Crippen LogP contribution in [0.5, 0.6) is 0 Å². The summed E-state index contributed by atoms with van der Waals surface area (Å²) in [5.74, 6) is 0.792. The summed E-state index contributed by atoms with van der Waals surface area (Å²) in [6.45, 7) is 4.09. The van der Waals surface area contributed by atoms with Crippen LogP contribution in [0.2, 0.25) is 5.02 Å². The maximum Gasteiger partial charge on any atom is 0.341 e. The lowest BCUT2D eigenvalue weighted by Gasteiger charge is -2.07. The molecule has 0 bridgehead atoms. The van der Waals surface area contributed by atoms with Crippen LogP contribution in [0, 0.1) is 0 Å². The van der Waals surface area contributed by atoms with Gasteiger partial charge in [0.2, 0.25) is 0 Å². The zero-order valence-corrected chi connectivity index (χ0v) is 13.5. The Morgan fingerprint density at radius 3 is 2.59 bits per heavy atom. The molecule has 0 saturated carbocycles. The fourth-order valence-electron chi connectivity index (χ4n) is 2.10. The Kier molecular flexibility index (Phi) is 5.63. The molecule has 4 nitrogen and oxygen atoms in total. The van der Waals surface area contributed by atoms with E-state index in [9.17, 15) is 4.79 Å². The molecule has 2 rings (SSSR count). The normalized spacial score (nSPS) is 12.2. The molecule has 0 aliphatic rings. The van der Waals surface area contributed by atoms with Crippen molar-refractivity contribution in [1.29, 1.82) is 0 Å². The zero-order valence-electron chi connectivity index (χ0n) is 12.8. The Labute approximate surface area is 135 Å². The van der Waals surface area contributed by atoms with E-state index in [4.69, 9.17) is 26.5 Å². The number of hydrogen-bond acceptors (Lipinski definition) is 4. The minimum Gasteiger partial charge on any atom is -0.462 e. The number of rotatable bonds is 6. The highest BCUT2D eigenvalue weighted by molar-refractivity contribution is 6.30. The van der Waals surface area contributed by atoms with Gasteiger partial charge in [0.05, 0.1) is 6.61 Å². The SMILES string of the molecule is CCOC(=O)c1cc(-c2ccc(Cl)cc2)oc1CC(N)CC. The number of halogens is 1. The first-order chi connectivity index (χ1) is 10.5. The van der Waals surface area contributed by atoms with E-state index in [1.54, 1.807) is 25.1 Å². The van der Waals surface area contributed by atoms with Crippen LogP contribution < -0.4 is 5.73 Å². The maximum absolute atomic E-state index is 12.1. The first-order valence-electron chi connectivity index (χ1n) is 7.36. The van der Waals surface area contributed by atoms with Crippen LogP contribution >= 0.6 is 11.6 Å². The van der Waals surface area contributed by atoms with E-state index < -0.39 is 0 Å². The molecule has 0 aliphatic carbocycles. The van der Waals surface area contributed by atoms with Crippen molar-refractivity contribution < 1.29 is 13.9 Å². The van der Waals surface area contributed by atoms with Gasteiger partial charge in [-0.25, -0.2) is 4.79 Å². The molecule has 2 N–H and O–H groups in total. The Morgan fingerprint density at radius 1 is 1.32 bits per heavy atom. The molecule has 22 heavy (non-hydrogen) atoms. The lowest BCUT2D eigenvalue weighted by atomic mass is 10.1. The predicted molar refractivity (Wildman–Crippen MR) is 87.1 cm³/mol. The average Bonchev–Trinajstić information content (AvgIpc) is 2.92. The summed E-state index contributed by atoms with van der Waals surface area (Å²) in [7, 11) is 0. The molecule has 1 heterocycles. The molecule has 0 saturated heterocycles. The van der Waals surface area contributed by atoms with Crippen LogP contribution in [0.15, 0.2) is 34.7 Å². The number of ether oxygens (including phenoxy) is 1. The molecule has 1 atom stereocenters. The summed E-state index contributed by atoms with van der Waals surface area (Å²) in [5, 5.41) is 0.647. The number of carbonyl (C=O) groups excluding carboxylic acids is 1. The zero-order chi connectivity index (χ0) is 16.1. The molecule has 0 radical (unpaired) electrons. The molecule has 1 unspecified atom stereocenters. The third-order valence-electron chi connectivity index (χ3n) is 3.41. The number of esters is 1. The van der Waals surface area contributed by atoms with Crippen molar-refractivity contribution >= 4 is 17.6 Å². The second-order valence-corrected chi connectivity index (χ2v) is 5.48. The molecule has 0 aliphatic heterocycles. The van der Waals surface area contributed by atoms with E-state index >= 15 is 0 Å². The second-order valence-electron chi connectivity index (χ2n) is 5.05. The van der Waals surface area contributed by atoms with Gasteiger partial charge in [-0.3, -0.25) is 0 Å². The number of hydrogen-bond donors (Lipinski definition) is 1. The number of carbonyl (C=O) groups is 1. The minimum atomic E-state index is -0.384. The lowest BCUT2D eigenvalue weighted by molar-refractivity contribution is 0.0523. The van der Waals surface area contributed by atoms with E-state index in [0.29, 0.717) is 35.1 Å². The topological polar surface area (TPSA) is 65.5 Å². The summed E-state index contributed by atoms with van der Waals surface area (Å²) >= 11 is 5.89. The van der Waals surface area contributed by atoms with Gasteiger partial charge in [-0.05, 0) is 43.7 Å². The number of nitrogens with two attached hydrogens (primary N) is 1. The van der Waals surface area contributed by atoms with Crippen LogP contribution in [0.1, 0.15) is 36.4 Å². The Bertz CT molecular complexity index is 634. The van der Waals surface area contributed by atoms with Gasteiger partial charge in [0.15, 0.2) is 0 Å². The van der Waals surface area contributed by atoms with Crippen LogP contribution in [0.3, 0.4) is 0 Å². The molecule has 1 aromatic heterocycles. The van der Waals surface area contributed by atoms with E-state index in [0.717, 1.165) is 12.0 Å². The van der Waals surface area contributed by atoms with E-state index in [1.807, 2.05) is 19.1 Å². The third kappa shape index (κ3) is 3.90. The van der Waals surface area contributed by atoms with Gasteiger partial charge in [0.1, 0.15) is 17.1 Å². The summed E-state index contributed by atoms with van der Waals surface area (Å²) in [4.78, 5) is 12.1. The average molecular weight is 322 g/mol. The van der Waals surface area contributed by atoms with Gasteiger partial charge < -0.3 is 14.9 Å². The van der Waals surface area contributed by atoms with Crippen molar-refractivity contribution in [2.75, 3.05) is 6.61 Å². The van der Waals surface area contributed by atoms with Crippen molar-refractivity contribution in [2.24, 2.45) is 5.73 Å². The lowest BCUT2D eigenvalue weighted by Crippen LogP contribution is -2.22. The quantitative estimate of drug-likeness (QED) is 0.815. The monoisotopic (exact) mass is 321 g/mol. The Hall–Kier alpha value is -1.78. The van der Waals surface area contributed by atoms with Crippen LogP contribution in [-0.4, -0.2) is 18.6 Å². The van der Waals surface area contributed by atoms with Crippen molar-refractivity contribution in [3.8, 4) is 11.3 Å². The highest BCUT2D eigenvalue weighted by Crippen LogP contribution is 2.28. The van der Waals surface area contributed by atoms with E-state index in [1.165, 1.54) is 0 Å². The molecular weight excluding hydrogens is 302 g/mol. The minimum absolute atomic E-state index is 0.0580. The van der Waals surface area contributed by atoms with Gasteiger partial charge in [0, 0.05) is 23.0 Å². The number of furan rings is 1. The van der Waals surface area contributed by atoms with Crippen LogP contribution in [-0.2, 0) is 11.2 Å². The van der Waals surface area contributed by atoms with Crippen molar-refractivity contribution in [1.82, 2.24) is 0 Å². The van der Waals surface area contributed by atoms with Gasteiger partial charge in [-0.15, -0.1) is 0 Å². The fourth-order valence-corrected chi connectivity index (χ4v) is 2.23. The third-order valence-corrected chi connectivity index (χ3v) is 3.66. The van der Waals surface area contributed by atoms with Gasteiger partial charge in [0.25, 0.3) is 0 Å². The van der Waals surface area contributed by atoms with Crippen molar-refractivity contribution in [3.05, 3.63) is 46.7 Å². The molecule has 2 aromatic rings. The molecule has 0 fully saturated rings. The Morgan fingerprint density at radius 2 is 2.00 bits per heavy atom. The molecule has 0 spiro atoms. The first kappa shape index (κ1) is 16.6. The number of benzene rings is 1. The van der Waals surface area contributed by atoms with Gasteiger partial charge >= 0.3 is 5.97 Å². The summed E-state index contributed by atoms with van der Waals surface area (Å²) in [5.41, 5.74) is 7.28. The standard InChI is InChI=1S/C17H20ClNO3/c1-3-13(19)9-16-14(17(20)21-4-2)10-15(22-16)11-5-7-12(18)8-6-11/h5-8,10,13H,3-4,9,19H2,1-2H3. The second kappa shape index (κ2) is 7.47. The summed E-state index contributed by atoms with van der Waals surface area (Å²) in [6.07, 6.45) is 1.30. The highest BCUT2D eigenvalue weighted by Gasteiger charge is 2.21. The van der Waals surface area contributed by atoms with Gasteiger partial charge in [-0.2, -0.15) is 0 Å². The Balaban J connectivity index is 2.37. The van der Waals surface area contributed by atoms with E-state index in [-0.39, 0.29) is 12.0 Å². The largest absolute Gasteiger partial charge is 0.462 e. The van der Waals surface area contributed by atoms with Gasteiger partial charge in [-0.1, -0.05) is 18.5 Å². The predicted octanol–water partition coefficient (Wildman–Crippen LogP) is 4.06. The molecule has 1 aromatic carbocycles. The molecule has 0 amide bonds. The summed E-state index contributed by atoms with van der Waals surface area (Å²) in [6, 6.07) is 8.90. The summed E-state index contributed by atoms with van der Waals surface area (Å²) < 4.78 is 10.9. The fraction of sp³-hybridized carbons (Fsp3) is 0.353. The molecular formula is C17H20ClNO3. The first-order valence-corrected chi connectivity index (χ1v) is 7.74. The maximum atomic E-state index is 12.1. The smallest absolute Gasteiger partial charge is 0.341 e. The molecule has 118 valence electrons. The highest BCUT2D eigenvalue weighted by atomic mass is 35.5.